The molecule has 0 bridgehead atoms. The number of hydrogen-bond donors (Lipinski definition) is 1. The summed E-state index contributed by atoms with van der Waals surface area (Å²) in [6, 6.07) is 14.9. The summed E-state index contributed by atoms with van der Waals surface area (Å²) in [5, 5.41) is 15.2. The smallest absolute Gasteiger partial charge is 0.255 e. The van der Waals surface area contributed by atoms with Crippen molar-refractivity contribution >= 4 is 23.4 Å². The van der Waals surface area contributed by atoms with Gasteiger partial charge in [-0.25, -0.2) is 0 Å². The van der Waals surface area contributed by atoms with Crippen LogP contribution in [0.4, 0.5) is 5.69 Å². The molecule has 0 aliphatic rings. The van der Waals surface area contributed by atoms with E-state index < -0.39 is 0 Å². The van der Waals surface area contributed by atoms with Crippen LogP contribution in [0, 0.1) is 6.92 Å². The molecule has 23 heavy (non-hydrogen) atoms. The van der Waals surface area contributed by atoms with E-state index in [0.717, 1.165) is 11.3 Å². The summed E-state index contributed by atoms with van der Waals surface area (Å²) in [7, 11) is 0. The molecule has 1 aromatic heterocycles. The number of rotatable bonds is 4. The fourth-order valence-corrected chi connectivity index (χ4v) is 2.61. The van der Waals surface area contributed by atoms with E-state index in [1.54, 1.807) is 10.7 Å². The van der Waals surface area contributed by atoms with Gasteiger partial charge in [0.1, 0.15) is 0 Å². The lowest BCUT2D eigenvalue weighted by molar-refractivity contribution is 0.102. The lowest BCUT2D eigenvalue weighted by atomic mass is 10.1. The van der Waals surface area contributed by atoms with Gasteiger partial charge in [0.2, 0.25) is 5.16 Å². The van der Waals surface area contributed by atoms with E-state index in [2.05, 4.69) is 20.8 Å². The van der Waals surface area contributed by atoms with Crippen LogP contribution in [0.3, 0.4) is 0 Å². The third-order valence-electron chi connectivity index (χ3n) is 3.25. The third kappa shape index (κ3) is 3.40. The molecular weight excluding hydrogens is 310 g/mol. The van der Waals surface area contributed by atoms with Gasteiger partial charge >= 0.3 is 0 Å². The molecule has 3 aromatic rings. The number of tetrazole rings is 1. The molecule has 6 nitrogen and oxygen atoms in total. The lowest BCUT2D eigenvalue weighted by Crippen LogP contribution is -2.12. The van der Waals surface area contributed by atoms with Crippen molar-refractivity contribution in [3.8, 4) is 5.69 Å². The third-order valence-corrected chi connectivity index (χ3v) is 3.87. The number of benzene rings is 2. The summed E-state index contributed by atoms with van der Waals surface area (Å²) < 4.78 is 1.63. The molecule has 2 aromatic carbocycles. The van der Waals surface area contributed by atoms with E-state index >= 15 is 0 Å². The van der Waals surface area contributed by atoms with E-state index in [1.807, 2.05) is 55.6 Å². The Morgan fingerprint density at radius 3 is 2.78 bits per heavy atom. The Morgan fingerprint density at radius 1 is 1.17 bits per heavy atom. The first kappa shape index (κ1) is 15.2. The first-order valence-electron chi connectivity index (χ1n) is 6.98. The molecule has 0 radical (unpaired) electrons. The van der Waals surface area contributed by atoms with Crippen LogP contribution in [0.5, 0.6) is 0 Å². The van der Waals surface area contributed by atoms with Crippen LogP contribution in [-0.2, 0) is 0 Å². The number of thioether (sulfide) groups is 1. The fourth-order valence-electron chi connectivity index (χ4n) is 2.17. The number of amides is 1. The SMILES string of the molecule is CSc1nnnn1-c1cccc(NC(=O)c2cccc(C)c2)c1. The minimum absolute atomic E-state index is 0.146. The van der Waals surface area contributed by atoms with Gasteiger partial charge in [0, 0.05) is 11.3 Å². The molecule has 0 aliphatic heterocycles. The highest BCUT2D eigenvalue weighted by Gasteiger charge is 2.09. The highest BCUT2D eigenvalue weighted by atomic mass is 32.2. The summed E-state index contributed by atoms with van der Waals surface area (Å²) in [5.74, 6) is -0.146. The number of carbonyl (C=O) groups excluding carboxylic acids is 1. The van der Waals surface area contributed by atoms with Crippen LogP contribution in [0.15, 0.2) is 53.7 Å². The fraction of sp³-hybridized carbons (Fsp3) is 0.125. The van der Waals surface area contributed by atoms with E-state index in [1.165, 1.54) is 11.8 Å². The van der Waals surface area contributed by atoms with Crippen LogP contribution < -0.4 is 5.32 Å². The molecule has 0 unspecified atom stereocenters. The average molecular weight is 325 g/mol. The summed E-state index contributed by atoms with van der Waals surface area (Å²) in [6.45, 7) is 1.96. The predicted molar refractivity (Wildman–Crippen MR) is 90.1 cm³/mol. The predicted octanol–water partition coefficient (Wildman–Crippen LogP) is 2.94. The van der Waals surface area contributed by atoms with E-state index in [4.69, 9.17) is 0 Å². The molecule has 3 rings (SSSR count). The topological polar surface area (TPSA) is 72.7 Å². The number of carbonyl (C=O) groups is 1. The van der Waals surface area contributed by atoms with Crippen molar-refractivity contribution in [2.75, 3.05) is 11.6 Å². The number of aromatic nitrogens is 4. The summed E-state index contributed by atoms with van der Waals surface area (Å²) >= 11 is 1.45. The summed E-state index contributed by atoms with van der Waals surface area (Å²) in [4.78, 5) is 12.3. The van der Waals surface area contributed by atoms with E-state index in [-0.39, 0.29) is 5.91 Å². The maximum Gasteiger partial charge on any atom is 0.255 e. The Bertz CT molecular complexity index is 846. The van der Waals surface area contributed by atoms with Gasteiger partial charge in [-0.05, 0) is 53.9 Å². The Morgan fingerprint density at radius 2 is 2.00 bits per heavy atom. The molecule has 0 saturated heterocycles. The second kappa shape index (κ2) is 6.62. The average Bonchev–Trinajstić information content (AvgIpc) is 3.04. The van der Waals surface area contributed by atoms with Gasteiger partial charge in [0.25, 0.3) is 5.91 Å². The van der Waals surface area contributed by atoms with Gasteiger partial charge in [-0.15, -0.1) is 5.10 Å². The van der Waals surface area contributed by atoms with Gasteiger partial charge in [-0.2, -0.15) is 4.68 Å². The van der Waals surface area contributed by atoms with Crippen molar-refractivity contribution in [3.05, 3.63) is 59.7 Å². The number of anilines is 1. The molecule has 1 amide bonds. The second-order valence-corrected chi connectivity index (χ2v) is 5.72. The monoisotopic (exact) mass is 325 g/mol. The summed E-state index contributed by atoms with van der Waals surface area (Å²) in [5.41, 5.74) is 3.16. The van der Waals surface area contributed by atoms with Crippen molar-refractivity contribution in [1.29, 1.82) is 0 Å². The zero-order valence-electron chi connectivity index (χ0n) is 12.7. The highest BCUT2D eigenvalue weighted by Crippen LogP contribution is 2.19. The van der Waals surface area contributed by atoms with Crippen molar-refractivity contribution in [2.45, 2.75) is 12.1 Å². The maximum atomic E-state index is 12.3. The number of aryl methyl sites for hydroxylation is 1. The Hall–Kier alpha value is -2.67. The van der Waals surface area contributed by atoms with Crippen LogP contribution in [0.1, 0.15) is 15.9 Å². The van der Waals surface area contributed by atoms with Gasteiger partial charge in [0.15, 0.2) is 0 Å². The molecule has 1 heterocycles. The number of nitrogens with one attached hydrogen (secondary N) is 1. The quantitative estimate of drug-likeness (QED) is 0.747. The van der Waals surface area contributed by atoms with E-state index in [0.29, 0.717) is 16.4 Å². The Balaban J connectivity index is 1.84. The molecule has 0 aliphatic carbocycles. The molecule has 7 heteroatoms. The Labute approximate surface area is 137 Å². The maximum absolute atomic E-state index is 12.3. The van der Waals surface area contributed by atoms with Gasteiger partial charge in [-0.1, -0.05) is 35.5 Å². The highest BCUT2D eigenvalue weighted by molar-refractivity contribution is 7.98. The zero-order chi connectivity index (χ0) is 16.2. The van der Waals surface area contributed by atoms with Crippen LogP contribution in [-0.4, -0.2) is 32.4 Å². The molecule has 116 valence electrons. The minimum atomic E-state index is -0.146. The largest absolute Gasteiger partial charge is 0.322 e. The lowest BCUT2D eigenvalue weighted by Gasteiger charge is -2.08. The molecule has 0 atom stereocenters. The molecular formula is C16H15N5OS. The first-order chi connectivity index (χ1) is 11.2. The second-order valence-electron chi connectivity index (χ2n) is 4.95. The Kier molecular flexibility index (Phi) is 4.38. The van der Waals surface area contributed by atoms with Crippen molar-refractivity contribution in [2.24, 2.45) is 0 Å². The normalized spacial score (nSPS) is 10.5. The van der Waals surface area contributed by atoms with Crippen LogP contribution in [0.25, 0.3) is 5.69 Å². The molecule has 0 saturated carbocycles. The van der Waals surface area contributed by atoms with Crippen molar-refractivity contribution in [3.63, 3.8) is 0 Å². The summed E-state index contributed by atoms with van der Waals surface area (Å²) in [6.07, 6.45) is 1.91. The molecule has 0 fully saturated rings. The van der Waals surface area contributed by atoms with Crippen molar-refractivity contribution in [1.82, 2.24) is 20.2 Å². The van der Waals surface area contributed by atoms with Crippen molar-refractivity contribution < 1.29 is 4.79 Å². The standard InChI is InChI=1S/C16H15N5OS/c1-11-5-3-6-12(9-11)15(22)17-13-7-4-8-14(10-13)21-16(23-2)18-19-20-21/h3-10H,1-2H3,(H,17,22). The van der Waals surface area contributed by atoms with Crippen LogP contribution >= 0.6 is 11.8 Å². The number of hydrogen-bond acceptors (Lipinski definition) is 5. The van der Waals surface area contributed by atoms with Gasteiger partial charge in [-0.3, -0.25) is 4.79 Å². The van der Waals surface area contributed by atoms with Crippen LogP contribution in [0.2, 0.25) is 0 Å². The van der Waals surface area contributed by atoms with Gasteiger partial charge in [0.05, 0.1) is 5.69 Å². The number of nitrogens with zero attached hydrogens (tertiary/aromatic N) is 4. The first-order valence-corrected chi connectivity index (χ1v) is 8.20. The molecule has 1 N–H and O–H groups in total. The van der Waals surface area contributed by atoms with Gasteiger partial charge < -0.3 is 5.32 Å². The van der Waals surface area contributed by atoms with E-state index in [9.17, 15) is 4.79 Å². The minimum Gasteiger partial charge on any atom is -0.322 e. The zero-order valence-corrected chi connectivity index (χ0v) is 13.5. The molecule has 0 spiro atoms.